The van der Waals surface area contributed by atoms with Crippen LogP contribution in [0.25, 0.3) is 10.2 Å². The van der Waals surface area contributed by atoms with Crippen molar-refractivity contribution in [1.82, 2.24) is 15.0 Å². The van der Waals surface area contributed by atoms with Crippen LogP contribution in [0, 0.1) is 26.7 Å². The first-order chi connectivity index (χ1) is 13.8. The molecule has 1 N–H and O–H groups in total. The molecule has 0 saturated heterocycles. The van der Waals surface area contributed by atoms with Crippen molar-refractivity contribution < 1.29 is 4.79 Å². The molecule has 29 heavy (non-hydrogen) atoms. The summed E-state index contributed by atoms with van der Waals surface area (Å²) in [7, 11) is 0. The number of nitrogens with one attached hydrogen (secondary N) is 1. The normalized spacial score (nSPS) is 17.2. The van der Waals surface area contributed by atoms with Crippen molar-refractivity contribution in [2.75, 3.05) is 5.32 Å². The average Bonchev–Trinajstić information content (AvgIpc) is 3.02. The summed E-state index contributed by atoms with van der Waals surface area (Å²) in [5.41, 5.74) is 4.82. The van der Waals surface area contributed by atoms with Gasteiger partial charge in [-0.3, -0.25) is 9.59 Å². The number of benzene rings is 1. The van der Waals surface area contributed by atoms with Crippen LogP contribution < -0.4 is 10.9 Å². The van der Waals surface area contributed by atoms with E-state index in [1.54, 1.807) is 18.3 Å². The standard InChI is InChI=1S/C22H26N4O2S/c1-11-6-7-16-17(10-11)29-21-18(16)22(28)26(25-24-21)15(5)20(27)23-19-13(3)8-12(2)9-14(19)4/h8-9,11,15H,6-7,10H2,1-5H3,(H,23,27)/t11-,15+/m1/s1. The van der Waals surface area contributed by atoms with E-state index >= 15 is 0 Å². The van der Waals surface area contributed by atoms with E-state index in [0.717, 1.165) is 47.2 Å². The van der Waals surface area contributed by atoms with Gasteiger partial charge in [0.15, 0.2) is 4.83 Å². The maximum Gasteiger partial charge on any atom is 0.279 e. The summed E-state index contributed by atoms with van der Waals surface area (Å²) in [4.78, 5) is 28.1. The van der Waals surface area contributed by atoms with E-state index in [1.165, 1.54) is 9.56 Å². The molecule has 0 aliphatic heterocycles. The molecule has 2 atom stereocenters. The molecule has 152 valence electrons. The van der Waals surface area contributed by atoms with Gasteiger partial charge in [0.1, 0.15) is 6.04 Å². The third-order valence-corrected chi connectivity index (χ3v) is 6.96. The van der Waals surface area contributed by atoms with Gasteiger partial charge in [-0.25, -0.2) is 0 Å². The number of hydrogen-bond donors (Lipinski definition) is 1. The number of anilines is 1. The molecule has 1 aliphatic carbocycles. The van der Waals surface area contributed by atoms with Crippen molar-refractivity contribution in [3.05, 3.63) is 49.6 Å². The molecule has 6 nitrogen and oxygen atoms in total. The summed E-state index contributed by atoms with van der Waals surface area (Å²) in [6.45, 7) is 9.89. The highest BCUT2D eigenvalue weighted by molar-refractivity contribution is 7.18. The fourth-order valence-corrected chi connectivity index (χ4v) is 5.56. The van der Waals surface area contributed by atoms with Crippen molar-refractivity contribution >= 4 is 33.1 Å². The Bertz CT molecular complexity index is 1150. The number of aryl methyl sites for hydroxylation is 4. The molecule has 2 aromatic heterocycles. The number of carbonyl (C=O) groups excluding carboxylic acids is 1. The molecule has 7 heteroatoms. The molecule has 0 saturated carbocycles. The van der Waals surface area contributed by atoms with E-state index in [9.17, 15) is 9.59 Å². The number of hydrogen-bond acceptors (Lipinski definition) is 5. The van der Waals surface area contributed by atoms with E-state index < -0.39 is 6.04 Å². The lowest BCUT2D eigenvalue weighted by Crippen LogP contribution is -2.34. The number of carbonyl (C=O) groups is 1. The SMILES string of the molecule is Cc1cc(C)c(NC(=O)[C@H](C)n2nnc3sc4c(c3c2=O)CC[C@@H](C)C4)c(C)c1. The number of amides is 1. The number of aromatic nitrogens is 3. The Balaban J connectivity index is 1.69. The van der Waals surface area contributed by atoms with Crippen molar-refractivity contribution in [2.24, 2.45) is 5.92 Å². The third kappa shape index (κ3) is 3.48. The van der Waals surface area contributed by atoms with Gasteiger partial charge in [-0.1, -0.05) is 29.8 Å². The Morgan fingerprint density at radius 2 is 1.97 bits per heavy atom. The van der Waals surface area contributed by atoms with Crippen molar-refractivity contribution in [3.63, 3.8) is 0 Å². The molecule has 0 unspecified atom stereocenters. The van der Waals surface area contributed by atoms with E-state index in [4.69, 9.17) is 0 Å². The van der Waals surface area contributed by atoms with Gasteiger partial charge in [0, 0.05) is 10.6 Å². The molecule has 1 aliphatic rings. The summed E-state index contributed by atoms with van der Waals surface area (Å²) in [5, 5.41) is 12.0. The number of nitrogens with zero attached hydrogens (tertiary/aromatic N) is 3. The van der Waals surface area contributed by atoms with Gasteiger partial charge in [-0.05, 0) is 69.6 Å². The molecule has 3 aromatic rings. The topological polar surface area (TPSA) is 76.9 Å². The van der Waals surface area contributed by atoms with Gasteiger partial charge in [0.25, 0.3) is 5.56 Å². The molecule has 2 heterocycles. The Kier molecular flexibility index (Phi) is 5.02. The second-order valence-corrected chi connectivity index (χ2v) is 9.39. The maximum atomic E-state index is 13.2. The van der Waals surface area contributed by atoms with Gasteiger partial charge in [0.05, 0.1) is 5.39 Å². The monoisotopic (exact) mass is 410 g/mol. The highest BCUT2D eigenvalue weighted by atomic mass is 32.1. The van der Waals surface area contributed by atoms with E-state index in [0.29, 0.717) is 16.1 Å². The fourth-order valence-electron chi connectivity index (χ4n) is 4.24. The second-order valence-electron chi connectivity index (χ2n) is 8.31. The zero-order valence-corrected chi connectivity index (χ0v) is 18.3. The molecule has 0 bridgehead atoms. The minimum absolute atomic E-state index is 0.220. The predicted octanol–water partition coefficient (Wildman–Crippen LogP) is 4.10. The third-order valence-electron chi connectivity index (χ3n) is 5.82. The van der Waals surface area contributed by atoms with Gasteiger partial charge >= 0.3 is 0 Å². The summed E-state index contributed by atoms with van der Waals surface area (Å²) < 4.78 is 1.22. The molecule has 1 amide bonds. The van der Waals surface area contributed by atoms with Gasteiger partial charge in [-0.15, -0.1) is 16.4 Å². The van der Waals surface area contributed by atoms with E-state index in [1.807, 2.05) is 32.9 Å². The molecule has 0 radical (unpaired) electrons. The lowest BCUT2D eigenvalue weighted by molar-refractivity contribution is -0.119. The van der Waals surface area contributed by atoms with Crippen LogP contribution in [0.15, 0.2) is 16.9 Å². The van der Waals surface area contributed by atoms with Gasteiger partial charge in [0.2, 0.25) is 5.91 Å². The molecule has 0 spiro atoms. The Morgan fingerprint density at radius 3 is 2.66 bits per heavy atom. The molecular weight excluding hydrogens is 384 g/mol. The van der Waals surface area contributed by atoms with Crippen LogP contribution in [0.1, 0.15) is 53.4 Å². The molecule has 0 fully saturated rings. The van der Waals surface area contributed by atoms with Crippen LogP contribution in [0.2, 0.25) is 0 Å². The lowest BCUT2D eigenvalue weighted by Gasteiger charge is -2.18. The zero-order chi connectivity index (χ0) is 20.9. The summed E-state index contributed by atoms with van der Waals surface area (Å²) in [6.07, 6.45) is 2.94. The fraction of sp³-hybridized carbons (Fsp3) is 0.455. The maximum absolute atomic E-state index is 13.2. The van der Waals surface area contributed by atoms with Crippen LogP contribution in [0.4, 0.5) is 5.69 Å². The van der Waals surface area contributed by atoms with Crippen LogP contribution in [0.5, 0.6) is 0 Å². The Labute approximate surface area is 173 Å². The van der Waals surface area contributed by atoms with E-state index in [-0.39, 0.29) is 11.5 Å². The second kappa shape index (κ2) is 7.37. The average molecular weight is 411 g/mol. The zero-order valence-electron chi connectivity index (χ0n) is 17.5. The number of fused-ring (bicyclic) bond motifs is 3. The van der Waals surface area contributed by atoms with Crippen LogP contribution in [0.3, 0.4) is 0 Å². The highest BCUT2D eigenvalue weighted by Crippen LogP contribution is 2.35. The van der Waals surface area contributed by atoms with Gasteiger partial charge < -0.3 is 5.32 Å². The van der Waals surface area contributed by atoms with Crippen LogP contribution >= 0.6 is 11.3 Å². The smallest absolute Gasteiger partial charge is 0.279 e. The van der Waals surface area contributed by atoms with Crippen LogP contribution in [-0.2, 0) is 17.6 Å². The van der Waals surface area contributed by atoms with Gasteiger partial charge in [-0.2, -0.15) is 4.68 Å². The summed E-state index contributed by atoms with van der Waals surface area (Å²) in [6, 6.07) is 3.31. The minimum Gasteiger partial charge on any atom is -0.324 e. The number of thiophene rings is 1. The van der Waals surface area contributed by atoms with Crippen LogP contribution in [-0.4, -0.2) is 20.9 Å². The largest absolute Gasteiger partial charge is 0.324 e. The van der Waals surface area contributed by atoms with E-state index in [2.05, 4.69) is 22.6 Å². The van der Waals surface area contributed by atoms with Crippen molar-refractivity contribution in [3.8, 4) is 0 Å². The van der Waals surface area contributed by atoms with Crippen molar-refractivity contribution in [2.45, 2.75) is 59.9 Å². The first-order valence-electron chi connectivity index (χ1n) is 10.0. The quantitative estimate of drug-likeness (QED) is 0.705. The minimum atomic E-state index is -0.752. The molecule has 1 aromatic carbocycles. The Hall–Kier alpha value is -2.54. The predicted molar refractivity (Wildman–Crippen MR) is 117 cm³/mol. The lowest BCUT2D eigenvalue weighted by atomic mass is 9.89. The first kappa shape index (κ1) is 19.8. The summed E-state index contributed by atoms with van der Waals surface area (Å²) in [5.74, 6) is 0.352. The Morgan fingerprint density at radius 1 is 1.28 bits per heavy atom. The molecule has 4 rings (SSSR count). The van der Waals surface area contributed by atoms with Crippen molar-refractivity contribution in [1.29, 1.82) is 0 Å². The summed E-state index contributed by atoms with van der Waals surface area (Å²) >= 11 is 1.57. The molecular formula is C22H26N4O2S. The first-order valence-corrected chi connectivity index (χ1v) is 10.9. The highest BCUT2D eigenvalue weighted by Gasteiger charge is 2.26. The number of rotatable bonds is 3.